The van der Waals surface area contributed by atoms with Gasteiger partial charge in [0.15, 0.2) is 6.10 Å². The van der Waals surface area contributed by atoms with Gasteiger partial charge in [0, 0.05) is 12.8 Å². The van der Waals surface area contributed by atoms with Crippen LogP contribution in [-0.4, -0.2) is 37.2 Å². The smallest absolute Gasteiger partial charge is 0.310 e. The van der Waals surface area contributed by atoms with Crippen LogP contribution in [-0.2, 0) is 28.6 Å². The Morgan fingerprint density at radius 1 is 0.338 bits per heavy atom. The van der Waals surface area contributed by atoms with E-state index >= 15 is 0 Å². The number of esters is 3. The molecule has 0 saturated carbocycles. The maximum Gasteiger partial charge on any atom is 0.310 e. The van der Waals surface area contributed by atoms with Crippen molar-refractivity contribution in [3.63, 3.8) is 0 Å². The van der Waals surface area contributed by atoms with Crippen LogP contribution in [0.1, 0.15) is 201 Å². The lowest BCUT2D eigenvalue weighted by Gasteiger charge is -2.18. The Balaban J connectivity index is 4.60. The minimum absolute atomic E-state index is 0.0821. The third-order valence-corrected chi connectivity index (χ3v) is 10.2. The molecule has 0 aromatic rings. The molecule has 0 saturated heterocycles. The number of rotatable bonds is 44. The van der Waals surface area contributed by atoms with Crippen molar-refractivity contribution in [3.8, 4) is 0 Å². The Kier molecular flexibility index (Phi) is 48.6. The molecule has 6 nitrogen and oxygen atoms in total. The second-order valence-corrected chi connectivity index (χ2v) is 16.3. The molecule has 6 heteroatoms. The normalized spacial score (nSPS) is 13.2. The molecule has 0 fully saturated rings. The summed E-state index contributed by atoms with van der Waals surface area (Å²) >= 11 is 0. The Morgan fingerprint density at radius 3 is 1.02 bits per heavy atom. The molecular weight excluding hydrogens is 805 g/mol. The third kappa shape index (κ3) is 50.4. The zero-order valence-corrected chi connectivity index (χ0v) is 41.4. The van der Waals surface area contributed by atoms with Crippen molar-refractivity contribution in [1.82, 2.24) is 0 Å². The maximum absolute atomic E-state index is 12.7. The number of ether oxygens (including phenoxy) is 3. The van der Waals surface area contributed by atoms with Gasteiger partial charge in [-0.1, -0.05) is 199 Å². The van der Waals surface area contributed by atoms with Gasteiger partial charge in [0.25, 0.3) is 0 Å². The SMILES string of the molecule is CC/C=C\C/C=C\C/C=C\C/C=C\C/C=C\CC(=O)OC(COC(=O)CCCCCC/C=C\C/C=C\C/C=C\C/C=C\CC)COC(=O)CCCCCCC/C=C\C/C=C\CCCCC. The van der Waals surface area contributed by atoms with Crippen LogP contribution in [0.5, 0.6) is 0 Å². The van der Waals surface area contributed by atoms with Gasteiger partial charge in [-0.3, -0.25) is 14.4 Å². The monoisotopic (exact) mass is 897 g/mol. The topological polar surface area (TPSA) is 78.9 Å². The van der Waals surface area contributed by atoms with Gasteiger partial charge in [-0.25, -0.2) is 0 Å². The minimum atomic E-state index is -0.853. The predicted molar refractivity (Wildman–Crippen MR) is 279 cm³/mol. The van der Waals surface area contributed by atoms with Gasteiger partial charge < -0.3 is 14.2 Å². The largest absolute Gasteiger partial charge is 0.462 e. The first-order valence-electron chi connectivity index (χ1n) is 25.7. The van der Waals surface area contributed by atoms with Crippen LogP contribution in [0, 0.1) is 0 Å². The van der Waals surface area contributed by atoms with Crippen molar-refractivity contribution in [1.29, 1.82) is 0 Å². The Morgan fingerprint density at radius 2 is 0.646 bits per heavy atom. The van der Waals surface area contributed by atoms with Gasteiger partial charge in [0.05, 0.1) is 6.42 Å². The number of unbranched alkanes of at least 4 members (excludes halogenated alkanes) is 12. The summed E-state index contributed by atoms with van der Waals surface area (Å²) in [5.41, 5.74) is 0. The standard InChI is InChI=1S/C59H92O6/c1-4-7-10-13-16-19-22-25-28-29-32-34-37-40-43-46-49-52-58(61)64-55-56(65-59(62)53-50-47-44-41-38-35-31-27-24-21-18-15-12-9-6-3)54-63-57(60)51-48-45-42-39-36-33-30-26-23-20-17-14-11-8-5-2/h7,9-10,12,16-21,25-28,30-32,34,38,41,47,50,56H,4-6,8,11,13-15,22-24,29,33,35-37,39-40,42-46,48-49,51-55H2,1-3H3/b10-7-,12-9-,19-16-,20-17-,21-18-,28-25-,30-26-,31-27-,34-32-,41-38-,50-47-. The van der Waals surface area contributed by atoms with E-state index in [1.807, 2.05) is 6.08 Å². The highest BCUT2D eigenvalue weighted by Gasteiger charge is 2.19. The predicted octanol–water partition coefficient (Wildman–Crippen LogP) is 17.1. The fourth-order valence-electron chi connectivity index (χ4n) is 6.36. The molecular formula is C59H92O6. The van der Waals surface area contributed by atoms with Crippen LogP contribution in [0.4, 0.5) is 0 Å². The molecule has 0 bridgehead atoms. The Hall–Kier alpha value is -4.45. The van der Waals surface area contributed by atoms with Crippen molar-refractivity contribution in [3.05, 3.63) is 134 Å². The molecule has 0 aromatic heterocycles. The van der Waals surface area contributed by atoms with E-state index in [1.165, 1.54) is 25.7 Å². The summed E-state index contributed by atoms with van der Waals surface area (Å²) in [7, 11) is 0. The first kappa shape index (κ1) is 60.5. The summed E-state index contributed by atoms with van der Waals surface area (Å²) in [4.78, 5) is 37.9. The highest BCUT2D eigenvalue weighted by atomic mass is 16.6. The van der Waals surface area contributed by atoms with Crippen LogP contribution in [0.15, 0.2) is 134 Å². The van der Waals surface area contributed by atoms with Crippen LogP contribution >= 0.6 is 0 Å². The van der Waals surface area contributed by atoms with E-state index in [2.05, 4.69) is 142 Å². The number of allylic oxidation sites excluding steroid dienone is 21. The van der Waals surface area contributed by atoms with Gasteiger partial charge in [-0.15, -0.1) is 0 Å². The molecule has 1 atom stereocenters. The number of hydrogen-bond acceptors (Lipinski definition) is 6. The molecule has 1 unspecified atom stereocenters. The average molecular weight is 897 g/mol. The van der Waals surface area contributed by atoms with Crippen LogP contribution < -0.4 is 0 Å². The summed E-state index contributed by atoms with van der Waals surface area (Å²) in [6.07, 6.45) is 73.1. The molecule has 364 valence electrons. The summed E-state index contributed by atoms with van der Waals surface area (Å²) < 4.78 is 16.7. The van der Waals surface area contributed by atoms with E-state index in [0.29, 0.717) is 19.3 Å². The molecule has 0 aromatic carbocycles. The van der Waals surface area contributed by atoms with Gasteiger partial charge in [-0.05, 0) is 116 Å². The van der Waals surface area contributed by atoms with Crippen molar-refractivity contribution in [2.24, 2.45) is 0 Å². The van der Waals surface area contributed by atoms with Gasteiger partial charge in [0.1, 0.15) is 13.2 Å². The van der Waals surface area contributed by atoms with Gasteiger partial charge >= 0.3 is 17.9 Å². The summed E-state index contributed by atoms with van der Waals surface area (Å²) in [6.45, 7) is 6.24. The number of carbonyl (C=O) groups is 3. The molecule has 0 rings (SSSR count). The molecule has 0 spiro atoms. The van der Waals surface area contributed by atoms with Gasteiger partial charge in [-0.2, -0.15) is 0 Å². The van der Waals surface area contributed by atoms with Crippen molar-refractivity contribution < 1.29 is 28.6 Å². The van der Waals surface area contributed by atoms with E-state index in [1.54, 1.807) is 6.08 Å². The zero-order valence-electron chi connectivity index (χ0n) is 41.4. The molecule has 0 aliphatic heterocycles. The number of hydrogen-bond donors (Lipinski definition) is 0. The molecule has 0 heterocycles. The number of carbonyl (C=O) groups excluding carboxylic acids is 3. The fraction of sp³-hybridized carbons (Fsp3) is 0.576. The molecule has 0 N–H and O–H groups in total. The van der Waals surface area contributed by atoms with E-state index in [0.717, 1.165) is 128 Å². The Bertz CT molecular complexity index is 1450. The van der Waals surface area contributed by atoms with Gasteiger partial charge in [0.2, 0.25) is 0 Å². The van der Waals surface area contributed by atoms with Crippen molar-refractivity contribution >= 4 is 17.9 Å². The lowest BCUT2D eigenvalue weighted by Crippen LogP contribution is -2.30. The minimum Gasteiger partial charge on any atom is -0.462 e. The first-order chi connectivity index (χ1) is 32.0. The summed E-state index contributed by atoms with van der Waals surface area (Å²) in [6, 6.07) is 0. The molecule has 0 amide bonds. The molecule has 0 aliphatic rings. The highest BCUT2D eigenvalue weighted by Crippen LogP contribution is 2.11. The Labute approximate surface area is 398 Å². The average Bonchev–Trinajstić information content (AvgIpc) is 3.30. The zero-order chi connectivity index (χ0) is 47.2. The maximum atomic E-state index is 12.7. The summed E-state index contributed by atoms with van der Waals surface area (Å²) in [5.74, 6) is -1.11. The van der Waals surface area contributed by atoms with Crippen LogP contribution in [0.2, 0.25) is 0 Å². The van der Waals surface area contributed by atoms with Crippen LogP contribution in [0.3, 0.4) is 0 Å². The first-order valence-corrected chi connectivity index (χ1v) is 25.7. The van der Waals surface area contributed by atoms with Crippen LogP contribution in [0.25, 0.3) is 0 Å². The second kappa shape index (κ2) is 52.2. The quantitative estimate of drug-likeness (QED) is 0.0262. The lowest BCUT2D eigenvalue weighted by molar-refractivity contribution is -0.166. The molecule has 0 radical (unpaired) electrons. The van der Waals surface area contributed by atoms with Crippen molar-refractivity contribution in [2.75, 3.05) is 13.2 Å². The third-order valence-electron chi connectivity index (χ3n) is 10.2. The van der Waals surface area contributed by atoms with E-state index in [4.69, 9.17) is 14.2 Å². The van der Waals surface area contributed by atoms with E-state index in [9.17, 15) is 14.4 Å². The molecule has 0 aliphatic carbocycles. The fourth-order valence-corrected chi connectivity index (χ4v) is 6.36. The van der Waals surface area contributed by atoms with Crippen molar-refractivity contribution in [2.45, 2.75) is 207 Å². The second-order valence-electron chi connectivity index (χ2n) is 16.3. The van der Waals surface area contributed by atoms with E-state index in [-0.39, 0.29) is 31.6 Å². The molecule has 65 heavy (non-hydrogen) atoms. The highest BCUT2D eigenvalue weighted by molar-refractivity contribution is 5.72. The summed E-state index contributed by atoms with van der Waals surface area (Å²) in [5, 5.41) is 0. The van der Waals surface area contributed by atoms with E-state index < -0.39 is 12.1 Å². The lowest BCUT2D eigenvalue weighted by atomic mass is 10.1.